The number of nitrogens with zero attached hydrogens (tertiary/aromatic N) is 2. The maximum Gasteiger partial charge on any atom is 0.340 e. The number of halogens is 1. The van der Waals surface area contributed by atoms with Crippen molar-refractivity contribution in [3.05, 3.63) is 107 Å². The standard InChI is InChI=1S/C23H19FN2O3/c1-2-19-21(25-20-13-18(24)17(22(27)28)14-26(19)20)23(29,15-9-5-3-6-10-15)16-11-7-4-8-12-16/h3-14,29H,2H2,1H3,(H,27,28). The van der Waals surface area contributed by atoms with Gasteiger partial charge in [-0.05, 0) is 17.5 Å². The second-order valence-electron chi connectivity index (χ2n) is 6.77. The fourth-order valence-corrected chi connectivity index (χ4v) is 3.70. The molecule has 0 unspecified atom stereocenters. The zero-order chi connectivity index (χ0) is 20.6. The molecule has 2 aromatic carbocycles. The van der Waals surface area contributed by atoms with Crippen LogP contribution in [-0.4, -0.2) is 25.6 Å². The molecule has 0 aliphatic carbocycles. The number of pyridine rings is 1. The molecule has 0 fully saturated rings. The molecule has 0 atom stereocenters. The summed E-state index contributed by atoms with van der Waals surface area (Å²) < 4.78 is 15.8. The van der Waals surface area contributed by atoms with Gasteiger partial charge >= 0.3 is 5.97 Å². The van der Waals surface area contributed by atoms with Crippen molar-refractivity contribution in [2.75, 3.05) is 0 Å². The summed E-state index contributed by atoms with van der Waals surface area (Å²) >= 11 is 0. The Balaban J connectivity index is 2.07. The third-order valence-electron chi connectivity index (χ3n) is 5.10. The van der Waals surface area contributed by atoms with Gasteiger partial charge in [-0.25, -0.2) is 14.2 Å². The van der Waals surface area contributed by atoms with E-state index in [0.717, 1.165) is 6.07 Å². The summed E-state index contributed by atoms with van der Waals surface area (Å²) in [5.74, 6) is -2.23. The van der Waals surface area contributed by atoms with Crippen molar-refractivity contribution in [1.82, 2.24) is 9.38 Å². The molecule has 0 radical (unpaired) electrons. The summed E-state index contributed by atoms with van der Waals surface area (Å²) in [6.07, 6.45) is 1.68. The van der Waals surface area contributed by atoms with Gasteiger partial charge < -0.3 is 14.6 Å². The number of hydrogen-bond acceptors (Lipinski definition) is 3. The fraction of sp³-hybridized carbons (Fsp3) is 0.130. The van der Waals surface area contributed by atoms with Crippen molar-refractivity contribution in [1.29, 1.82) is 0 Å². The average Bonchev–Trinajstić information content (AvgIpc) is 3.11. The van der Waals surface area contributed by atoms with Crippen LogP contribution in [0.1, 0.15) is 39.8 Å². The molecule has 0 spiro atoms. The summed E-state index contributed by atoms with van der Waals surface area (Å²) in [5, 5.41) is 21.3. The van der Waals surface area contributed by atoms with Gasteiger partial charge in [0.1, 0.15) is 22.7 Å². The van der Waals surface area contributed by atoms with Crippen LogP contribution in [0.5, 0.6) is 0 Å². The maximum atomic E-state index is 14.3. The molecular weight excluding hydrogens is 371 g/mol. The molecule has 4 rings (SSSR count). The zero-order valence-electron chi connectivity index (χ0n) is 15.7. The van der Waals surface area contributed by atoms with E-state index < -0.39 is 23.0 Å². The molecule has 0 saturated heterocycles. The Hall–Kier alpha value is -3.51. The van der Waals surface area contributed by atoms with Gasteiger partial charge in [0, 0.05) is 18.0 Å². The van der Waals surface area contributed by atoms with E-state index in [2.05, 4.69) is 4.98 Å². The molecule has 146 valence electrons. The minimum Gasteiger partial charge on any atom is -0.478 e. The Morgan fingerprint density at radius 3 is 2.10 bits per heavy atom. The van der Waals surface area contributed by atoms with Gasteiger partial charge in [0.25, 0.3) is 0 Å². The Morgan fingerprint density at radius 2 is 1.62 bits per heavy atom. The van der Waals surface area contributed by atoms with E-state index in [1.54, 1.807) is 28.7 Å². The first-order chi connectivity index (χ1) is 14.0. The molecule has 0 amide bonds. The zero-order valence-corrected chi connectivity index (χ0v) is 15.7. The van der Waals surface area contributed by atoms with Gasteiger partial charge in [0.05, 0.1) is 0 Å². The summed E-state index contributed by atoms with van der Waals surface area (Å²) in [6.45, 7) is 1.88. The highest BCUT2D eigenvalue weighted by Gasteiger charge is 2.38. The predicted octanol–water partition coefficient (Wildman–Crippen LogP) is 4.02. The van der Waals surface area contributed by atoms with Crippen LogP contribution in [-0.2, 0) is 12.0 Å². The molecule has 0 saturated carbocycles. The summed E-state index contributed by atoms with van der Waals surface area (Å²) in [4.78, 5) is 15.9. The van der Waals surface area contributed by atoms with Crippen LogP contribution in [0.2, 0.25) is 0 Å². The SMILES string of the molecule is CCc1c(C(O)(c2ccccc2)c2ccccc2)nc2cc(F)c(C(=O)O)cn12. The molecule has 0 bridgehead atoms. The number of hydrogen-bond donors (Lipinski definition) is 2. The molecular formula is C23H19FN2O3. The van der Waals surface area contributed by atoms with E-state index in [1.165, 1.54) is 6.20 Å². The van der Waals surface area contributed by atoms with Crippen molar-refractivity contribution in [3.63, 3.8) is 0 Å². The summed E-state index contributed by atoms with van der Waals surface area (Å²) in [6, 6.07) is 19.3. The Kier molecular flexibility index (Phi) is 4.64. The smallest absolute Gasteiger partial charge is 0.340 e. The average molecular weight is 390 g/mol. The normalized spacial score (nSPS) is 11.7. The molecule has 0 aliphatic heterocycles. The number of carbonyl (C=O) groups is 1. The maximum absolute atomic E-state index is 14.3. The number of aryl methyl sites for hydroxylation is 1. The van der Waals surface area contributed by atoms with Crippen LogP contribution in [0.3, 0.4) is 0 Å². The first-order valence-corrected chi connectivity index (χ1v) is 9.24. The van der Waals surface area contributed by atoms with Crippen molar-refractivity contribution >= 4 is 11.6 Å². The molecule has 2 aromatic heterocycles. The molecule has 29 heavy (non-hydrogen) atoms. The minimum atomic E-state index is -1.58. The highest BCUT2D eigenvalue weighted by molar-refractivity contribution is 5.88. The van der Waals surface area contributed by atoms with E-state index in [0.29, 0.717) is 28.9 Å². The quantitative estimate of drug-likeness (QED) is 0.540. The molecule has 2 N–H and O–H groups in total. The highest BCUT2D eigenvalue weighted by Crippen LogP contribution is 2.38. The van der Waals surface area contributed by atoms with Gasteiger partial charge in [-0.3, -0.25) is 0 Å². The molecule has 2 heterocycles. The topological polar surface area (TPSA) is 74.8 Å². The largest absolute Gasteiger partial charge is 0.478 e. The van der Waals surface area contributed by atoms with Crippen LogP contribution in [0.15, 0.2) is 72.9 Å². The van der Waals surface area contributed by atoms with Gasteiger partial charge in [-0.2, -0.15) is 0 Å². The first kappa shape index (κ1) is 18.8. The number of aromatic carboxylic acids is 1. The molecule has 0 aliphatic rings. The number of rotatable bonds is 5. The number of aliphatic hydroxyl groups is 1. The highest BCUT2D eigenvalue weighted by atomic mass is 19.1. The van der Waals surface area contributed by atoms with Gasteiger partial charge in [-0.1, -0.05) is 67.6 Å². The number of imidazole rings is 1. The van der Waals surface area contributed by atoms with Crippen molar-refractivity contribution in [2.24, 2.45) is 0 Å². The third-order valence-corrected chi connectivity index (χ3v) is 5.10. The lowest BCUT2D eigenvalue weighted by molar-refractivity contribution is 0.0691. The van der Waals surface area contributed by atoms with Crippen LogP contribution < -0.4 is 0 Å². The minimum absolute atomic E-state index is 0.240. The van der Waals surface area contributed by atoms with Crippen LogP contribution >= 0.6 is 0 Å². The van der Waals surface area contributed by atoms with Crippen molar-refractivity contribution < 1.29 is 19.4 Å². The lowest BCUT2D eigenvalue weighted by Crippen LogP contribution is -2.30. The van der Waals surface area contributed by atoms with E-state index in [-0.39, 0.29) is 5.65 Å². The van der Waals surface area contributed by atoms with Crippen molar-refractivity contribution in [2.45, 2.75) is 18.9 Å². The second kappa shape index (κ2) is 7.14. The number of carboxylic acids is 1. The predicted molar refractivity (Wildman–Crippen MR) is 106 cm³/mol. The Labute approximate surface area is 166 Å². The number of benzene rings is 2. The summed E-state index contributed by atoms with van der Waals surface area (Å²) in [5.41, 5.74) is 0.395. The lowest BCUT2D eigenvalue weighted by Gasteiger charge is -2.29. The fourth-order valence-electron chi connectivity index (χ4n) is 3.70. The Morgan fingerprint density at radius 1 is 1.07 bits per heavy atom. The second-order valence-corrected chi connectivity index (χ2v) is 6.77. The number of aromatic nitrogens is 2. The Bertz CT molecular complexity index is 1150. The van der Waals surface area contributed by atoms with Gasteiger partial charge in [0.2, 0.25) is 0 Å². The van der Waals surface area contributed by atoms with Crippen LogP contribution in [0.25, 0.3) is 5.65 Å². The van der Waals surface area contributed by atoms with E-state index >= 15 is 0 Å². The van der Waals surface area contributed by atoms with Crippen molar-refractivity contribution in [3.8, 4) is 0 Å². The third kappa shape index (κ3) is 2.98. The number of fused-ring (bicyclic) bond motifs is 1. The first-order valence-electron chi connectivity index (χ1n) is 9.24. The lowest BCUT2D eigenvalue weighted by atomic mass is 9.82. The van der Waals surface area contributed by atoms with Gasteiger partial charge in [0.15, 0.2) is 5.60 Å². The molecule has 4 aromatic rings. The summed E-state index contributed by atoms with van der Waals surface area (Å²) in [7, 11) is 0. The van der Waals surface area contributed by atoms with Crippen LogP contribution in [0.4, 0.5) is 4.39 Å². The van der Waals surface area contributed by atoms with Gasteiger partial charge in [-0.15, -0.1) is 0 Å². The van der Waals surface area contributed by atoms with Crippen LogP contribution in [0, 0.1) is 5.82 Å². The molecule has 6 heteroatoms. The van der Waals surface area contributed by atoms with E-state index in [1.807, 2.05) is 43.3 Å². The van der Waals surface area contributed by atoms with E-state index in [4.69, 9.17) is 0 Å². The number of carboxylic acid groups (broad SMARTS) is 1. The molecule has 5 nitrogen and oxygen atoms in total. The monoisotopic (exact) mass is 390 g/mol. The van der Waals surface area contributed by atoms with E-state index in [9.17, 15) is 19.4 Å².